The van der Waals surface area contributed by atoms with Gasteiger partial charge in [0.15, 0.2) is 0 Å². The van der Waals surface area contributed by atoms with Crippen LogP contribution < -0.4 is 0 Å². The molecule has 84 valence electrons. The number of carbonyl (C=O) groups is 1. The summed E-state index contributed by atoms with van der Waals surface area (Å²) in [6.45, 7) is 2.37. The lowest BCUT2D eigenvalue weighted by Gasteiger charge is -2.22. The Morgan fingerprint density at radius 3 is 3.12 bits per heavy atom. The third kappa shape index (κ3) is 1.22. The molecule has 2 heteroatoms. The predicted molar refractivity (Wildman–Crippen MR) is 61.2 cm³/mol. The van der Waals surface area contributed by atoms with Crippen molar-refractivity contribution in [2.45, 2.75) is 32.1 Å². The topological polar surface area (TPSA) is 26.3 Å². The number of rotatable bonds is 2. The van der Waals surface area contributed by atoms with Crippen LogP contribution in [-0.2, 0) is 16.0 Å². The molecule has 0 spiro atoms. The van der Waals surface area contributed by atoms with Crippen molar-refractivity contribution < 1.29 is 9.53 Å². The highest BCUT2D eigenvalue weighted by Crippen LogP contribution is 2.65. The third-order valence-electron chi connectivity index (χ3n) is 4.03. The Labute approximate surface area is 95.6 Å². The predicted octanol–water partition coefficient (Wildman–Crippen LogP) is 2.67. The fourth-order valence-corrected chi connectivity index (χ4v) is 3.05. The number of ether oxygens (including phenoxy) is 1. The molecule has 0 unspecified atom stereocenters. The Hall–Kier alpha value is -1.31. The number of carbonyl (C=O) groups excluding carboxylic acids is 1. The van der Waals surface area contributed by atoms with Crippen LogP contribution in [0, 0.1) is 5.41 Å². The summed E-state index contributed by atoms with van der Waals surface area (Å²) in [4.78, 5) is 11.9. The number of aryl methyl sites for hydroxylation is 1. The number of esters is 1. The van der Waals surface area contributed by atoms with Gasteiger partial charge in [-0.05, 0) is 37.3 Å². The van der Waals surface area contributed by atoms with Crippen molar-refractivity contribution in [3.63, 3.8) is 0 Å². The second kappa shape index (κ2) is 3.34. The first kappa shape index (κ1) is 9.88. The van der Waals surface area contributed by atoms with Crippen molar-refractivity contribution >= 4 is 5.97 Å². The fraction of sp³-hybridized carbons (Fsp3) is 0.500. The molecule has 0 radical (unpaired) electrons. The van der Waals surface area contributed by atoms with E-state index >= 15 is 0 Å². The summed E-state index contributed by atoms with van der Waals surface area (Å²) in [5.74, 6) is 0.450. The highest BCUT2D eigenvalue weighted by Gasteiger charge is 2.63. The van der Waals surface area contributed by atoms with Crippen molar-refractivity contribution in [1.29, 1.82) is 0 Å². The molecule has 2 aliphatic rings. The smallest absolute Gasteiger partial charge is 0.312 e. The molecule has 2 atom stereocenters. The molecular formula is C14H16O2. The van der Waals surface area contributed by atoms with Crippen LogP contribution in [0.15, 0.2) is 24.3 Å². The summed E-state index contributed by atoms with van der Waals surface area (Å²) in [5.41, 5.74) is 2.64. The van der Waals surface area contributed by atoms with E-state index in [9.17, 15) is 4.79 Å². The first-order valence-electron chi connectivity index (χ1n) is 6.03. The zero-order chi connectivity index (χ0) is 11.2. The summed E-state index contributed by atoms with van der Waals surface area (Å²) in [7, 11) is 0. The highest BCUT2D eigenvalue weighted by molar-refractivity contribution is 5.83. The van der Waals surface area contributed by atoms with Crippen LogP contribution in [0.5, 0.6) is 0 Å². The van der Waals surface area contributed by atoms with Gasteiger partial charge in [-0.3, -0.25) is 4.79 Å². The van der Waals surface area contributed by atoms with Gasteiger partial charge in [-0.1, -0.05) is 24.3 Å². The van der Waals surface area contributed by atoms with Gasteiger partial charge in [-0.15, -0.1) is 0 Å². The number of fused-ring (bicyclic) bond motifs is 3. The molecule has 3 rings (SSSR count). The van der Waals surface area contributed by atoms with Crippen molar-refractivity contribution in [2.24, 2.45) is 5.41 Å². The molecule has 2 nitrogen and oxygen atoms in total. The molecule has 0 aromatic heterocycles. The van der Waals surface area contributed by atoms with Crippen molar-refractivity contribution in [2.75, 3.05) is 6.61 Å². The van der Waals surface area contributed by atoms with Crippen molar-refractivity contribution in [3.05, 3.63) is 35.4 Å². The molecule has 0 saturated heterocycles. The van der Waals surface area contributed by atoms with E-state index in [2.05, 4.69) is 24.3 Å². The standard InChI is InChI=1S/C14H16O2/c1-2-16-13(15)14-8-7-10-5-3-4-6-11(10)12(14)9-14/h3-6,12H,2,7-9H2,1H3/t12-,14+/m1/s1. The van der Waals surface area contributed by atoms with Crippen molar-refractivity contribution in [3.8, 4) is 0 Å². The number of hydrogen-bond donors (Lipinski definition) is 0. The Kier molecular flexibility index (Phi) is 2.06. The summed E-state index contributed by atoms with van der Waals surface area (Å²) in [6, 6.07) is 8.50. The molecule has 1 aromatic rings. The minimum absolute atomic E-state index is 0.0227. The third-order valence-corrected chi connectivity index (χ3v) is 4.03. The maximum atomic E-state index is 11.9. The Morgan fingerprint density at radius 1 is 1.50 bits per heavy atom. The maximum Gasteiger partial charge on any atom is 0.312 e. The van der Waals surface area contributed by atoms with Gasteiger partial charge < -0.3 is 4.74 Å². The van der Waals surface area contributed by atoms with Gasteiger partial charge in [0, 0.05) is 5.92 Å². The summed E-state index contributed by atoms with van der Waals surface area (Å²) >= 11 is 0. The number of hydrogen-bond acceptors (Lipinski definition) is 2. The zero-order valence-electron chi connectivity index (χ0n) is 9.53. The second-order valence-corrected chi connectivity index (χ2v) is 4.83. The lowest BCUT2D eigenvalue weighted by Crippen LogP contribution is -2.24. The molecule has 0 aliphatic heterocycles. The van der Waals surface area contributed by atoms with E-state index in [4.69, 9.17) is 4.74 Å². The average molecular weight is 216 g/mol. The van der Waals surface area contributed by atoms with E-state index in [1.165, 1.54) is 11.1 Å². The van der Waals surface area contributed by atoms with E-state index in [-0.39, 0.29) is 11.4 Å². The summed E-state index contributed by atoms with van der Waals surface area (Å²) in [5, 5.41) is 0. The highest BCUT2D eigenvalue weighted by atomic mass is 16.5. The second-order valence-electron chi connectivity index (χ2n) is 4.83. The van der Waals surface area contributed by atoms with Crippen LogP contribution >= 0.6 is 0 Å². The molecule has 0 amide bonds. The normalized spacial score (nSPS) is 30.2. The number of benzene rings is 1. The van der Waals surface area contributed by atoms with Crippen LogP contribution in [0.4, 0.5) is 0 Å². The fourth-order valence-electron chi connectivity index (χ4n) is 3.05. The molecular weight excluding hydrogens is 200 g/mol. The quantitative estimate of drug-likeness (QED) is 0.710. The van der Waals surface area contributed by atoms with Crippen LogP contribution in [0.3, 0.4) is 0 Å². The Morgan fingerprint density at radius 2 is 2.31 bits per heavy atom. The molecule has 0 N–H and O–H groups in total. The minimum Gasteiger partial charge on any atom is -0.466 e. The molecule has 0 bridgehead atoms. The van der Waals surface area contributed by atoms with Gasteiger partial charge in [0.25, 0.3) is 0 Å². The van der Waals surface area contributed by atoms with E-state index in [1.54, 1.807) is 0 Å². The van der Waals surface area contributed by atoms with E-state index < -0.39 is 0 Å². The average Bonchev–Trinajstić information content (AvgIpc) is 3.06. The van der Waals surface area contributed by atoms with Crippen LogP contribution in [0.25, 0.3) is 0 Å². The van der Waals surface area contributed by atoms with Crippen molar-refractivity contribution in [1.82, 2.24) is 0 Å². The lowest BCUT2D eigenvalue weighted by atomic mass is 9.84. The Balaban J connectivity index is 1.90. The molecule has 1 aromatic carbocycles. The van der Waals surface area contributed by atoms with E-state index in [1.807, 2.05) is 6.92 Å². The largest absolute Gasteiger partial charge is 0.466 e. The molecule has 1 saturated carbocycles. The van der Waals surface area contributed by atoms with Crippen LogP contribution in [-0.4, -0.2) is 12.6 Å². The van der Waals surface area contributed by atoms with Crippen LogP contribution in [0.1, 0.15) is 36.8 Å². The van der Waals surface area contributed by atoms with Gasteiger partial charge in [-0.25, -0.2) is 0 Å². The molecule has 1 fully saturated rings. The summed E-state index contributed by atoms with van der Waals surface area (Å²) < 4.78 is 5.20. The molecule has 2 aliphatic carbocycles. The lowest BCUT2D eigenvalue weighted by molar-refractivity contribution is -0.150. The monoisotopic (exact) mass is 216 g/mol. The van der Waals surface area contributed by atoms with Gasteiger partial charge in [0.1, 0.15) is 0 Å². The van der Waals surface area contributed by atoms with Gasteiger partial charge in [-0.2, -0.15) is 0 Å². The van der Waals surface area contributed by atoms with Crippen LogP contribution in [0.2, 0.25) is 0 Å². The summed E-state index contributed by atoms with van der Waals surface area (Å²) in [6.07, 6.45) is 2.97. The molecule has 16 heavy (non-hydrogen) atoms. The molecule has 0 heterocycles. The first-order chi connectivity index (χ1) is 7.78. The van der Waals surface area contributed by atoms with Gasteiger partial charge in [0.05, 0.1) is 12.0 Å². The first-order valence-corrected chi connectivity index (χ1v) is 6.03. The van der Waals surface area contributed by atoms with E-state index in [0.29, 0.717) is 12.5 Å². The van der Waals surface area contributed by atoms with E-state index in [0.717, 1.165) is 19.3 Å². The SMILES string of the molecule is CCOC(=O)[C@]12CCc3ccccc3[C@H]1C2. The van der Waals surface area contributed by atoms with Gasteiger partial charge in [0.2, 0.25) is 0 Å². The van der Waals surface area contributed by atoms with Gasteiger partial charge >= 0.3 is 5.97 Å². The zero-order valence-corrected chi connectivity index (χ0v) is 9.53. The maximum absolute atomic E-state index is 11.9. The Bertz CT molecular complexity index is 438. The minimum atomic E-state index is -0.162.